The van der Waals surface area contributed by atoms with E-state index in [1.807, 2.05) is 27.7 Å². The molecular formula is C6H20Cl2N2O2Pt. The van der Waals surface area contributed by atoms with E-state index in [4.69, 9.17) is 11.5 Å². The molecule has 0 aromatic carbocycles. The number of hydrogen-bond donors (Lipinski definition) is 2. The van der Waals surface area contributed by atoms with E-state index in [9.17, 15) is 0 Å². The van der Waals surface area contributed by atoms with Crippen molar-refractivity contribution in [3.8, 4) is 0 Å². The summed E-state index contributed by atoms with van der Waals surface area (Å²) in [6.45, 7) is 7.78. The summed E-state index contributed by atoms with van der Waals surface area (Å²) in [6, 6.07) is 0.667. The van der Waals surface area contributed by atoms with Crippen LogP contribution in [-0.2, 0) is 21.1 Å². The van der Waals surface area contributed by atoms with E-state index >= 15 is 0 Å². The summed E-state index contributed by atoms with van der Waals surface area (Å²) >= 11 is 0. The molecule has 13 heavy (non-hydrogen) atoms. The first kappa shape index (κ1) is 48.0. The van der Waals surface area contributed by atoms with E-state index in [1.165, 1.54) is 0 Å². The molecule has 0 saturated carbocycles. The van der Waals surface area contributed by atoms with E-state index in [0.29, 0.717) is 12.1 Å². The van der Waals surface area contributed by atoms with Crippen LogP contribution in [0, 0.1) is 0 Å². The topological polar surface area (TPSA) is 112 Å². The molecule has 0 bridgehead atoms. The van der Waals surface area contributed by atoms with Crippen molar-refractivity contribution in [1.82, 2.24) is 0 Å². The molecular weight excluding hydrogens is 398 g/mol. The molecule has 0 fully saturated rings. The van der Waals surface area contributed by atoms with Gasteiger partial charge in [-0.05, 0) is 12.1 Å². The average Bonchev–Trinajstić information content (AvgIpc) is 1.25. The van der Waals surface area contributed by atoms with Gasteiger partial charge < -0.3 is 47.2 Å². The second kappa shape index (κ2) is 38.0. The van der Waals surface area contributed by atoms with E-state index in [0.717, 1.165) is 0 Å². The molecule has 4 nitrogen and oxygen atoms in total. The first-order chi connectivity index (χ1) is 3.46. The van der Waals surface area contributed by atoms with Crippen LogP contribution < -0.4 is 36.3 Å². The zero-order chi connectivity index (χ0) is 7.15. The van der Waals surface area contributed by atoms with Crippen LogP contribution in [0.15, 0.2) is 0 Å². The summed E-state index contributed by atoms with van der Waals surface area (Å²) in [6.07, 6.45) is 0. The normalized spacial score (nSPS) is 5.54. The van der Waals surface area contributed by atoms with Crippen LogP contribution in [-0.4, -0.2) is 23.0 Å². The van der Waals surface area contributed by atoms with Crippen LogP contribution >= 0.6 is 0 Å². The van der Waals surface area contributed by atoms with Gasteiger partial charge in [0.25, 0.3) is 0 Å². The fourth-order valence-corrected chi connectivity index (χ4v) is 0. The average molecular weight is 418 g/mol. The molecule has 0 unspecified atom stereocenters. The van der Waals surface area contributed by atoms with Gasteiger partial charge >= 0.3 is 21.1 Å². The monoisotopic (exact) mass is 417 g/mol. The van der Waals surface area contributed by atoms with Crippen molar-refractivity contribution in [2.75, 3.05) is 0 Å². The number of nitrogens with two attached hydrogens (primary N) is 2. The Balaban J connectivity index is -0.00000000800. The van der Waals surface area contributed by atoms with Crippen LogP contribution in [0.5, 0.6) is 0 Å². The molecule has 0 rings (SSSR count). The summed E-state index contributed by atoms with van der Waals surface area (Å²) < 4.78 is 0. The molecule has 0 aromatic rings. The number of rotatable bonds is 0. The molecule has 0 amide bonds. The van der Waals surface area contributed by atoms with Crippen LogP contribution in [0.25, 0.3) is 0 Å². The molecule has 0 radical (unpaired) electrons. The first-order valence-electron chi connectivity index (χ1n) is 2.98. The van der Waals surface area contributed by atoms with E-state index in [-0.39, 0.29) is 56.8 Å². The summed E-state index contributed by atoms with van der Waals surface area (Å²) in [4.78, 5) is 0. The smallest absolute Gasteiger partial charge is 1.00 e. The van der Waals surface area contributed by atoms with Crippen LogP contribution in [0.1, 0.15) is 27.7 Å². The predicted molar refractivity (Wildman–Crippen MR) is 42.5 cm³/mol. The van der Waals surface area contributed by atoms with Gasteiger partial charge in [0.15, 0.2) is 0 Å². The standard InChI is InChI=1S/2C3H9N.2ClH.2H2O.Pt/c2*1-3(2)4;;;;;/h2*3H,4H2,1-2H3;2*1H;2*1H2;/q;;;;;;+4/p-4/i;;;;;;1+0. The van der Waals surface area contributed by atoms with Crippen molar-refractivity contribution in [1.29, 1.82) is 0 Å². The maximum atomic E-state index is 5.11. The van der Waals surface area contributed by atoms with Gasteiger partial charge in [-0.15, -0.1) is 0 Å². The van der Waals surface area contributed by atoms with Crippen molar-refractivity contribution >= 4 is 0 Å². The van der Waals surface area contributed by atoms with E-state index < -0.39 is 0 Å². The molecule has 6 N–H and O–H groups in total. The summed E-state index contributed by atoms with van der Waals surface area (Å²) in [5, 5.41) is 0. The molecule has 0 aliphatic carbocycles. The SMILES string of the molecule is CC(C)N.CC(C)N.[195Pt+4].[Cl-].[Cl-].[OH-].[OH-]. The Bertz CT molecular complexity index is 42.1. The van der Waals surface area contributed by atoms with Crippen LogP contribution in [0.4, 0.5) is 0 Å². The third-order valence-corrected chi connectivity index (χ3v) is 0. The Morgan fingerprint density at radius 2 is 0.692 bits per heavy atom. The fourth-order valence-electron chi connectivity index (χ4n) is 0. The maximum Gasteiger partial charge on any atom is 4.00 e. The first-order valence-corrected chi connectivity index (χ1v) is 2.98. The third-order valence-electron chi connectivity index (χ3n) is 0. The molecule has 0 saturated heterocycles. The Morgan fingerprint density at radius 3 is 0.692 bits per heavy atom. The van der Waals surface area contributed by atoms with Gasteiger partial charge in [0, 0.05) is 0 Å². The second-order valence-corrected chi connectivity index (χ2v) is 2.49. The van der Waals surface area contributed by atoms with Gasteiger partial charge in [0.2, 0.25) is 0 Å². The van der Waals surface area contributed by atoms with Gasteiger partial charge in [-0.2, -0.15) is 0 Å². The largest absolute Gasteiger partial charge is 4.00 e. The molecule has 0 spiro atoms. The van der Waals surface area contributed by atoms with Crippen molar-refractivity contribution in [2.45, 2.75) is 39.8 Å². The fraction of sp³-hybridized carbons (Fsp3) is 1.00. The van der Waals surface area contributed by atoms with Crippen molar-refractivity contribution < 1.29 is 56.8 Å². The minimum absolute atomic E-state index is 0. The molecule has 0 atom stereocenters. The molecule has 7 heteroatoms. The van der Waals surface area contributed by atoms with Gasteiger partial charge in [0.05, 0.1) is 0 Å². The summed E-state index contributed by atoms with van der Waals surface area (Å²) in [5.74, 6) is 0. The Morgan fingerprint density at radius 1 is 0.692 bits per heavy atom. The van der Waals surface area contributed by atoms with Crippen LogP contribution in [0.3, 0.4) is 0 Å². The zero-order valence-corrected chi connectivity index (χ0v) is 12.1. The van der Waals surface area contributed by atoms with Gasteiger partial charge in [-0.25, -0.2) is 0 Å². The minimum atomic E-state index is 0. The second-order valence-electron chi connectivity index (χ2n) is 2.49. The Kier molecular flexibility index (Phi) is 140. The molecule has 0 aliphatic rings. The molecule has 90 valence electrons. The quantitative estimate of drug-likeness (QED) is 0.409. The van der Waals surface area contributed by atoms with Crippen molar-refractivity contribution in [3.63, 3.8) is 0 Å². The summed E-state index contributed by atoms with van der Waals surface area (Å²) in [7, 11) is 0. The van der Waals surface area contributed by atoms with Crippen molar-refractivity contribution in [3.05, 3.63) is 0 Å². The van der Waals surface area contributed by atoms with E-state index in [2.05, 4.69) is 0 Å². The Hall–Kier alpha value is 1.11. The minimum Gasteiger partial charge on any atom is -1.00 e. The third kappa shape index (κ3) is 1320. The van der Waals surface area contributed by atoms with E-state index in [1.54, 1.807) is 0 Å². The summed E-state index contributed by atoms with van der Waals surface area (Å²) in [5.41, 5.74) is 10.2. The molecule has 0 heterocycles. The Labute approximate surface area is 108 Å². The molecule has 0 aromatic heterocycles. The van der Waals surface area contributed by atoms with Crippen molar-refractivity contribution in [2.24, 2.45) is 11.5 Å². The van der Waals surface area contributed by atoms with Gasteiger partial charge in [0.1, 0.15) is 0 Å². The number of halogens is 2. The zero-order valence-electron chi connectivity index (χ0n) is 8.28. The van der Waals surface area contributed by atoms with Crippen LogP contribution in [0.2, 0.25) is 0 Å². The van der Waals surface area contributed by atoms with Gasteiger partial charge in [-0.3, -0.25) is 0 Å². The molecule has 0 aliphatic heterocycles. The maximum absolute atomic E-state index is 5.11. The van der Waals surface area contributed by atoms with Gasteiger partial charge in [-0.1, -0.05) is 27.7 Å². The predicted octanol–water partition coefficient (Wildman–Crippen LogP) is -5.64. The number of hydrogen-bond acceptors (Lipinski definition) is 4.